The van der Waals surface area contributed by atoms with E-state index in [1.54, 1.807) is 0 Å². The lowest BCUT2D eigenvalue weighted by molar-refractivity contribution is 0.109. The fourth-order valence-electron chi connectivity index (χ4n) is 2.44. The average molecular weight is 279 g/mol. The average Bonchev–Trinajstić information content (AvgIpc) is 2.49. The van der Waals surface area contributed by atoms with Gasteiger partial charge in [-0.25, -0.2) is 0 Å². The fraction of sp³-hybridized carbons (Fsp3) is 0.647. The number of aliphatic hydroxyl groups excluding tert-OH is 2. The highest BCUT2D eigenvalue weighted by Gasteiger charge is 2.21. The van der Waals surface area contributed by atoms with Gasteiger partial charge in [-0.1, -0.05) is 51.5 Å². The molecule has 3 heteroatoms. The van der Waals surface area contributed by atoms with E-state index in [9.17, 15) is 10.2 Å². The molecule has 3 nitrogen and oxygen atoms in total. The third-order valence-electron chi connectivity index (χ3n) is 3.84. The molecular weight excluding hydrogens is 250 g/mol. The van der Waals surface area contributed by atoms with Crippen LogP contribution in [0.5, 0.6) is 0 Å². The molecule has 1 aromatic rings. The van der Waals surface area contributed by atoms with E-state index in [-0.39, 0.29) is 18.7 Å². The van der Waals surface area contributed by atoms with Gasteiger partial charge in [0.05, 0.1) is 12.7 Å². The molecule has 0 aliphatic carbocycles. The van der Waals surface area contributed by atoms with Gasteiger partial charge in [0, 0.05) is 12.1 Å². The lowest BCUT2D eigenvalue weighted by Crippen LogP contribution is -2.43. The lowest BCUT2D eigenvalue weighted by Gasteiger charge is -2.27. The Balaban J connectivity index is 2.71. The molecule has 0 saturated carbocycles. The lowest BCUT2D eigenvalue weighted by atomic mass is 9.97. The maximum Gasteiger partial charge on any atom is 0.0942 e. The van der Waals surface area contributed by atoms with Crippen molar-refractivity contribution in [1.82, 2.24) is 5.32 Å². The molecular formula is C17H29NO2. The van der Waals surface area contributed by atoms with E-state index in [1.807, 2.05) is 19.1 Å². The summed E-state index contributed by atoms with van der Waals surface area (Å²) in [7, 11) is 0. The van der Waals surface area contributed by atoms with Crippen molar-refractivity contribution < 1.29 is 10.2 Å². The van der Waals surface area contributed by atoms with E-state index in [0.717, 1.165) is 31.2 Å². The molecule has 1 rings (SSSR count). The normalized spacial score (nSPS) is 15.8. The van der Waals surface area contributed by atoms with Gasteiger partial charge in [0.15, 0.2) is 0 Å². The molecule has 0 spiro atoms. The van der Waals surface area contributed by atoms with Crippen molar-refractivity contribution in [2.24, 2.45) is 0 Å². The summed E-state index contributed by atoms with van der Waals surface area (Å²) < 4.78 is 0. The van der Waals surface area contributed by atoms with Crippen molar-refractivity contribution in [3.8, 4) is 0 Å². The number of benzene rings is 1. The van der Waals surface area contributed by atoms with Crippen molar-refractivity contribution in [3.05, 3.63) is 35.4 Å². The van der Waals surface area contributed by atoms with Crippen molar-refractivity contribution in [2.75, 3.05) is 6.61 Å². The van der Waals surface area contributed by atoms with E-state index >= 15 is 0 Å². The highest BCUT2D eigenvalue weighted by molar-refractivity contribution is 5.25. The first kappa shape index (κ1) is 17.2. The molecule has 3 N–H and O–H groups in total. The van der Waals surface area contributed by atoms with Crippen molar-refractivity contribution in [3.63, 3.8) is 0 Å². The molecule has 0 fully saturated rings. The molecule has 0 heterocycles. The minimum atomic E-state index is -0.531. The first-order chi connectivity index (χ1) is 9.65. The molecule has 0 amide bonds. The molecule has 0 aromatic heterocycles. The second kappa shape index (κ2) is 9.11. The van der Waals surface area contributed by atoms with Crippen LogP contribution in [0.25, 0.3) is 0 Å². The Bertz CT molecular complexity index is 360. The van der Waals surface area contributed by atoms with Gasteiger partial charge in [0.25, 0.3) is 0 Å². The zero-order valence-electron chi connectivity index (χ0n) is 13.0. The topological polar surface area (TPSA) is 52.5 Å². The first-order valence-electron chi connectivity index (χ1n) is 7.79. The third-order valence-corrected chi connectivity index (χ3v) is 3.84. The highest BCUT2D eigenvalue weighted by Crippen LogP contribution is 2.20. The molecule has 3 unspecified atom stereocenters. The summed E-state index contributed by atoms with van der Waals surface area (Å²) in [5, 5.41) is 23.1. The van der Waals surface area contributed by atoms with Gasteiger partial charge in [0.1, 0.15) is 0 Å². The Kier molecular flexibility index (Phi) is 7.82. The Labute approximate surface area is 123 Å². The fourth-order valence-corrected chi connectivity index (χ4v) is 2.44. The maximum atomic E-state index is 10.5. The first-order valence-corrected chi connectivity index (χ1v) is 7.79. The molecule has 20 heavy (non-hydrogen) atoms. The van der Waals surface area contributed by atoms with Gasteiger partial charge >= 0.3 is 0 Å². The Morgan fingerprint density at radius 1 is 1.05 bits per heavy atom. The van der Waals surface area contributed by atoms with Crippen molar-refractivity contribution in [2.45, 2.75) is 64.6 Å². The Morgan fingerprint density at radius 3 is 2.15 bits per heavy atom. The molecule has 0 aliphatic heterocycles. The van der Waals surface area contributed by atoms with Crippen LogP contribution in [-0.4, -0.2) is 28.9 Å². The number of aryl methyl sites for hydroxylation is 1. The summed E-state index contributed by atoms with van der Waals surface area (Å²) >= 11 is 0. The van der Waals surface area contributed by atoms with Gasteiger partial charge in [-0.15, -0.1) is 0 Å². The summed E-state index contributed by atoms with van der Waals surface area (Å²) in [4.78, 5) is 0. The van der Waals surface area contributed by atoms with Crippen LogP contribution in [0.1, 0.15) is 57.3 Å². The van der Waals surface area contributed by atoms with Gasteiger partial charge < -0.3 is 15.5 Å². The largest absolute Gasteiger partial charge is 0.395 e. The summed E-state index contributed by atoms with van der Waals surface area (Å²) in [5.74, 6) is 0. The van der Waals surface area contributed by atoms with E-state index < -0.39 is 6.10 Å². The van der Waals surface area contributed by atoms with E-state index in [1.165, 1.54) is 5.56 Å². The summed E-state index contributed by atoms with van der Waals surface area (Å²) in [6, 6.07) is 8.24. The quantitative estimate of drug-likeness (QED) is 0.651. The summed E-state index contributed by atoms with van der Waals surface area (Å²) in [5.41, 5.74) is 2.25. The second-order valence-electron chi connectivity index (χ2n) is 5.41. The standard InChI is InChI=1S/C17H29NO2/c1-4-7-13-8-10-14(11-9-13)17(20)16(6-3)18-15(5-2)12-19/h8-11,15-20H,4-7,12H2,1-3H3. The molecule has 0 bridgehead atoms. The zero-order valence-corrected chi connectivity index (χ0v) is 13.0. The van der Waals surface area contributed by atoms with Crippen molar-refractivity contribution >= 4 is 0 Å². The van der Waals surface area contributed by atoms with Crippen LogP contribution >= 0.6 is 0 Å². The van der Waals surface area contributed by atoms with Gasteiger partial charge in [-0.05, 0) is 30.4 Å². The van der Waals surface area contributed by atoms with Gasteiger partial charge in [-0.3, -0.25) is 0 Å². The highest BCUT2D eigenvalue weighted by atomic mass is 16.3. The van der Waals surface area contributed by atoms with Gasteiger partial charge in [0.2, 0.25) is 0 Å². The van der Waals surface area contributed by atoms with Gasteiger partial charge in [-0.2, -0.15) is 0 Å². The summed E-state index contributed by atoms with van der Waals surface area (Å²) in [6.45, 7) is 6.36. The number of rotatable bonds is 9. The van der Waals surface area contributed by atoms with E-state index in [2.05, 4.69) is 31.3 Å². The molecule has 0 aliphatic rings. The smallest absolute Gasteiger partial charge is 0.0942 e. The van der Waals surface area contributed by atoms with Crippen LogP contribution in [0.2, 0.25) is 0 Å². The second-order valence-corrected chi connectivity index (χ2v) is 5.41. The van der Waals surface area contributed by atoms with Crippen LogP contribution in [0.3, 0.4) is 0 Å². The summed E-state index contributed by atoms with van der Waals surface area (Å²) in [6.07, 6.45) is 3.37. The van der Waals surface area contributed by atoms with Crippen LogP contribution in [0.4, 0.5) is 0 Å². The van der Waals surface area contributed by atoms with E-state index in [0.29, 0.717) is 0 Å². The number of aliphatic hydroxyl groups is 2. The Hall–Kier alpha value is -0.900. The molecule has 1 aromatic carbocycles. The SMILES string of the molecule is CCCc1ccc(C(O)C(CC)NC(CC)CO)cc1. The minimum Gasteiger partial charge on any atom is -0.395 e. The van der Waals surface area contributed by atoms with Crippen LogP contribution in [0.15, 0.2) is 24.3 Å². The van der Waals surface area contributed by atoms with Crippen LogP contribution in [-0.2, 0) is 6.42 Å². The number of nitrogens with one attached hydrogen (secondary N) is 1. The maximum absolute atomic E-state index is 10.5. The van der Waals surface area contributed by atoms with Crippen molar-refractivity contribution in [1.29, 1.82) is 0 Å². The predicted octanol–water partition coefficient (Wildman–Crippen LogP) is 2.81. The zero-order chi connectivity index (χ0) is 15.0. The molecule has 114 valence electrons. The van der Waals surface area contributed by atoms with Crippen LogP contribution < -0.4 is 5.32 Å². The van der Waals surface area contributed by atoms with Crippen LogP contribution in [0, 0.1) is 0 Å². The monoisotopic (exact) mass is 279 g/mol. The molecule has 3 atom stereocenters. The predicted molar refractivity (Wildman–Crippen MR) is 83.8 cm³/mol. The molecule has 0 radical (unpaired) electrons. The third kappa shape index (κ3) is 4.89. The number of hydrogen-bond acceptors (Lipinski definition) is 3. The Morgan fingerprint density at radius 2 is 1.70 bits per heavy atom. The number of hydrogen-bond donors (Lipinski definition) is 3. The minimum absolute atomic E-state index is 0.0240. The van der Waals surface area contributed by atoms with E-state index in [4.69, 9.17) is 0 Å². The molecule has 0 saturated heterocycles.